The predicted molar refractivity (Wildman–Crippen MR) is 108 cm³/mol. The lowest BCUT2D eigenvalue weighted by Crippen LogP contribution is -2.42. The van der Waals surface area contributed by atoms with Gasteiger partial charge in [-0.1, -0.05) is 12.1 Å². The van der Waals surface area contributed by atoms with Crippen molar-refractivity contribution >= 4 is 22.3 Å². The van der Waals surface area contributed by atoms with E-state index in [2.05, 4.69) is 5.32 Å². The zero-order valence-corrected chi connectivity index (χ0v) is 16.3. The maximum Gasteiger partial charge on any atom is 0.148 e. The summed E-state index contributed by atoms with van der Waals surface area (Å²) in [4.78, 5) is 0. The summed E-state index contributed by atoms with van der Waals surface area (Å²) in [5.41, 5.74) is 1.08. The molecule has 2 aromatic rings. The quantitative estimate of drug-likeness (QED) is 0.560. The fourth-order valence-corrected chi connectivity index (χ4v) is 5.26. The molecule has 3 N–H and O–H groups in total. The molecule has 0 unspecified atom stereocenters. The van der Waals surface area contributed by atoms with Crippen molar-refractivity contribution in [2.75, 3.05) is 17.4 Å². The molecule has 0 radical (unpaired) electrons. The highest BCUT2D eigenvalue weighted by atomic mass is 32.3. The number of rotatable bonds is 7. The van der Waals surface area contributed by atoms with Crippen LogP contribution in [-0.2, 0) is 6.54 Å². The van der Waals surface area contributed by atoms with Gasteiger partial charge < -0.3 is 5.32 Å². The van der Waals surface area contributed by atoms with Crippen molar-refractivity contribution in [3.63, 3.8) is 0 Å². The average Bonchev–Trinajstić information content (AvgIpc) is 3.47. The zero-order chi connectivity index (χ0) is 19.7. The Morgan fingerprint density at radius 2 is 1.82 bits per heavy atom. The smallest absolute Gasteiger partial charge is 0.148 e. The van der Waals surface area contributed by atoms with E-state index in [4.69, 9.17) is 0 Å². The van der Waals surface area contributed by atoms with E-state index >= 15 is 0 Å². The van der Waals surface area contributed by atoms with E-state index in [1.165, 1.54) is 51.8 Å². The van der Waals surface area contributed by atoms with E-state index in [0.29, 0.717) is 23.8 Å². The molecule has 0 amide bonds. The summed E-state index contributed by atoms with van der Waals surface area (Å²) in [5.74, 6) is -0.965. The van der Waals surface area contributed by atoms with Crippen LogP contribution in [0.25, 0.3) is 0 Å². The van der Waals surface area contributed by atoms with E-state index in [0.717, 1.165) is 19.4 Å². The van der Waals surface area contributed by atoms with Crippen molar-refractivity contribution < 1.29 is 17.9 Å². The molecular formula is C20H25F2N3O2S. The third-order valence-corrected chi connectivity index (χ3v) is 7.00. The summed E-state index contributed by atoms with van der Waals surface area (Å²) in [5, 5.41) is 3.43. The molecule has 8 heteroatoms. The number of fused-ring (bicyclic) bond motifs is 1. The van der Waals surface area contributed by atoms with Gasteiger partial charge in [-0.2, -0.15) is 4.31 Å². The van der Waals surface area contributed by atoms with Gasteiger partial charge in [0, 0.05) is 19.1 Å². The second-order valence-electron chi connectivity index (χ2n) is 7.31. The monoisotopic (exact) mass is 409 g/mol. The fourth-order valence-electron chi connectivity index (χ4n) is 3.49. The molecule has 0 atom stereocenters. The number of halogens is 2. The Bertz CT molecular complexity index is 848. The molecule has 152 valence electrons. The van der Waals surface area contributed by atoms with Gasteiger partial charge in [0.25, 0.3) is 0 Å². The standard InChI is InChI=1S/C20H25F2N3O2S/c21-16-7-10-19-15(13-16)14-24(12-4-3-11-23-17-8-9-17)28(26,27)25(19)20-6-2-1-5-18(20)22/h1-2,5-7,10,13,17,23,26-27H,3-4,8-9,11-12,14H2. The number of nitrogens with one attached hydrogen (secondary N) is 1. The first kappa shape index (κ1) is 19.6. The third kappa shape index (κ3) is 4.01. The lowest BCUT2D eigenvalue weighted by molar-refractivity contribution is 0.328. The van der Waals surface area contributed by atoms with Gasteiger partial charge in [-0.3, -0.25) is 9.11 Å². The molecule has 4 rings (SSSR count). The molecule has 1 saturated carbocycles. The van der Waals surface area contributed by atoms with Crippen molar-refractivity contribution in [1.29, 1.82) is 0 Å². The van der Waals surface area contributed by atoms with Crippen molar-refractivity contribution in [2.45, 2.75) is 38.3 Å². The summed E-state index contributed by atoms with van der Waals surface area (Å²) in [6.07, 6.45) is 4.11. The van der Waals surface area contributed by atoms with Crippen LogP contribution in [0.4, 0.5) is 20.2 Å². The molecule has 5 nitrogen and oxygen atoms in total. The lowest BCUT2D eigenvalue weighted by atomic mass is 10.1. The van der Waals surface area contributed by atoms with Crippen LogP contribution in [0.3, 0.4) is 0 Å². The molecule has 28 heavy (non-hydrogen) atoms. The summed E-state index contributed by atoms with van der Waals surface area (Å²) in [6.45, 7) is 1.52. The summed E-state index contributed by atoms with van der Waals surface area (Å²) < 4.78 is 53.2. The second-order valence-corrected chi connectivity index (χ2v) is 9.17. The van der Waals surface area contributed by atoms with Gasteiger partial charge in [0.15, 0.2) is 0 Å². The van der Waals surface area contributed by atoms with E-state index in [1.807, 2.05) is 0 Å². The zero-order valence-electron chi connectivity index (χ0n) is 15.5. The minimum atomic E-state index is -3.47. The number of nitrogens with zero attached hydrogens (tertiary/aromatic N) is 2. The van der Waals surface area contributed by atoms with Crippen LogP contribution in [0.2, 0.25) is 0 Å². The Labute approximate surface area is 165 Å². The first-order valence-corrected chi connectivity index (χ1v) is 11.0. The minimum Gasteiger partial charge on any atom is -0.314 e. The Morgan fingerprint density at radius 3 is 2.57 bits per heavy atom. The van der Waals surface area contributed by atoms with E-state index < -0.39 is 22.6 Å². The van der Waals surface area contributed by atoms with Gasteiger partial charge in [0.2, 0.25) is 0 Å². The van der Waals surface area contributed by atoms with E-state index in [-0.39, 0.29) is 12.2 Å². The largest absolute Gasteiger partial charge is 0.314 e. The minimum absolute atomic E-state index is 0.0652. The molecule has 1 aliphatic heterocycles. The molecule has 1 heterocycles. The lowest BCUT2D eigenvalue weighted by Gasteiger charge is -2.53. The molecule has 2 aromatic carbocycles. The maximum absolute atomic E-state index is 14.5. The fraction of sp³-hybridized carbons (Fsp3) is 0.400. The van der Waals surface area contributed by atoms with Crippen molar-refractivity contribution in [3.8, 4) is 0 Å². The predicted octanol–water partition coefficient (Wildman–Crippen LogP) is 5.03. The molecule has 0 bridgehead atoms. The second kappa shape index (κ2) is 7.96. The van der Waals surface area contributed by atoms with Gasteiger partial charge in [0.05, 0.1) is 11.4 Å². The van der Waals surface area contributed by atoms with Crippen LogP contribution in [0, 0.1) is 11.6 Å². The molecule has 0 saturated heterocycles. The van der Waals surface area contributed by atoms with Crippen LogP contribution >= 0.6 is 11.0 Å². The van der Waals surface area contributed by atoms with Crippen molar-refractivity contribution in [3.05, 3.63) is 59.7 Å². The number of anilines is 2. The van der Waals surface area contributed by atoms with Gasteiger partial charge in [-0.25, -0.2) is 13.1 Å². The number of hydrogen-bond donors (Lipinski definition) is 3. The highest BCUT2D eigenvalue weighted by Crippen LogP contribution is 2.59. The number of benzene rings is 2. The third-order valence-electron chi connectivity index (χ3n) is 5.11. The Hall–Kier alpha value is -1.71. The Kier molecular flexibility index (Phi) is 5.57. The maximum atomic E-state index is 14.5. The normalized spacial score (nSPS) is 20.1. The van der Waals surface area contributed by atoms with E-state index in [9.17, 15) is 17.9 Å². The average molecular weight is 410 g/mol. The summed E-state index contributed by atoms with van der Waals surface area (Å²) in [7, 11) is -3.47. The summed E-state index contributed by atoms with van der Waals surface area (Å²) in [6, 6.07) is 10.7. The Balaban J connectivity index is 1.59. The highest BCUT2D eigenvalue weighted by Gasteiger charge is 2.39. The van der Waals surface area contributed by atoms with Gasteiger partial charge in [-0.05, 0) is 79.1 Å². The molecule has 0 aromatic heterocycles. The van der Waals surface area contributed by atoms with Gasteiger partial charge in [0.1, 0.15) is 11.6 Å². The first-order chi connectivity index (χ1) is 13.5. The van der Waals surface area contributed by atoms with Crippen molar-refractivity contribution in [1.82, 2.24) is 9.62 Å². The summed E-state index contributed by atoms with van der Waals surface area (Å²) >= 11 is 0. The van der Waals surface area contributed by atoms with Crippen molar-refractivity contribution in [2.24, 2.45) is 0 Å². The van der Waals surface area contributed by atoms with E-state index in [1.54, 1.807) is 12.1 Å². The molecule has 0 spiro atoms. The topological polar surface area (TPSA) is 59.0 Å². The van der Waals surface area contributed by atoms with Crippen LogP contribution in [0.15, 0.2) is 42.5 Å². The van der Waals surface area contributed by atoms with Gasteiger partial charge >= 0.3 is 0 Å². The first-order valence-electron chi connectivity index (χ1n) is 9.57. The van der Waals surface area contributed by atoms with Crippen LogP contribution in [0.5, 0.6) is 0 Å². The molecule has 1 aliphatic carbocycles. The molecule has 2 aliphatic rings. The highest BCUT2D eigenvalue weighted by molar-refractivity contribution is 8.23. The molecule has 1 fully saturated rings. The van der Waals surface area contributed by atoms with Crippen LogP contribution < -0.4 is 9.62 Å². The Morgan fingerprint density at radius 1 is 1.04 bits per heavy atom. The number of para-hydroxylation sites is 1. The van der Waals surface area contributed by atoms with Crippen LogP contribution in [0.1, 0.15) is 31.2 Å². The number of unbranched alkanes of at least 4 members (excludes halogenated alkanes) is 1. The van der Waals surface area contributed by atoms with Gasteiger partial charge in [-0.15, -0.1) is 0 Å². The molecular weight excluding hydrogens is 384 g/mol. The SMILES string of the molecule is OS1(O)N(CCCCNC2CC2)Cc2cc(F)ccc2N1c1ccccc1F. The number of hydrogen-bond acceptors (Lipinski definition) is 5. The van der Waals surface area contributed by atoms with Crippen LogP contribution in [-0.4, -0.2) is 32.5 Å².